The number of halogens is 2. The van der Waals surface area contributed by atoms with Gasteiger partial charge in [0, 0.05) is 60.3 Å². The molecule has 13 heteroatoms. The molecular formula is C36H40Cl2N6O5. The second kappa shape index (κ2) is 15.8. The Morgan fingerprint density at radius 1 is 0.898 bits per heavy atom. The Morgan fingerprint density at radius 3 is 2.04 bits per heavy atom. The highest BCUT2D eigenvalue weighted by atomic mass is 35.5. The number of piperidine rings is 1. The summed E-state index contributed by atoms with van der Waals surface area (Å²) in [6.45, 7) is 1.60. The molecule has 0 radical (unpaired) electrons. The molecule has 11 nitrogen and oxygen atoms in total. The third-order valence-electron chi connectivity index (χ3n) is 9.31. The lowest BCUT2D eigenvalue weighted by atomic mass is 9.95. The van der Waals surface area contributed by atoms with Crippen molar-refractivity contribution in [2.45, 2.75) is 57.2 Å². The minimum atomic E-state index is -0.596. The van der Waals surface area contributed by atoms with Crippen molar-refractivity contribution in [3.05, 3.63) is 70.2 Å². The predicted molar refractivity (Wildman–Crippen MR) is 188 cm³/mol. The Balaban J connectivity index is 1.22. The van der Waals surface area contributed by atoms with Crippen molar-refractivity contribution in [2.75, 3.05) is 33.9 Å². The number of methoxy groups -OCH3 is 2. The molecule has 2 aliphatic rings. The van der Waals surface area contributed by atoms with Gasteiger partial charge in [-0.1, -0.05) is 59.6 Å². The van der Waals surface area contributed by atoms with Crippen molar-refractivity contribution in [3.63, 3.8) is 0 Å². The average molecular weight is 708 g/mol. The third-order valence-corrected chi connectivity index (χ3v) is 10.1. The second-order valence-corrected chi connectivity index (χ2v) is 13.2. The van der Waals surface area contributed by atoms with Crippen molar-refractivity contribution in [1.29, 1.82) is 0 Å². The maximum atomic E-state index is 11.5. The van der Waals surface area contributed by atoms with Gasteiger partial charge in [-0.25, -0.2) is 9.97 Å². The minimum Gasteiger partial charge on any atom is -0.480 e. The summed E-state index contributed by atoms with van der Waals surface area (Å²) in [6.07, 6.45) is 7.36. The van der Waals surface area contributed by atoms with E-state index in [2.05, 4.69) is 20.2 Å². The number of nitrogens with one attached hydrogen (secondary N) is 1. The van der Waals surface area contributed by atoms with E-state index >= 15 is 0 Å². The number of benzene rings is 2. The number of rotatable bonds is 12. The van der Waals surface area contributed by atoms with E-state index in [1.807, 2.05) is 36.4 Å². The molecule has 2 saturated heterocycles. The van der Waals surface area contributed by atoms with E-state index < -0.39 is 6.10 Å². The molecule has 49 heavy (non-hydrogen) atoms. The number of ether oxygens (including phenoxy) is 2. The van der Waals surface area contributed by atoms with Crippen molar-refractivity contribution >= 4 is 29.1 Å². The van der Waals surface area contributed by atoms with Crippen LogP contribution in [-0.2, 0) is 17.8 Å². The lowest BCUT2D eigenvalue weighted by Gasteiger charge is -2.34. The number of nitrogens with zero attached hydrogens (tertiary/aromatic N) is 5. The molecule has 2 aromatic carbocycles. The summed E-state index contributed by atoms with van der Waals surface area (Å²) in [6, 6.07) is 11.6. The molecule has 0 aliphatic carbocycles. The van der Waals surface area contributed by atoms with Crippen LogP contribution in [0.1, 0.15) is 43.5 Å². The van der Waals surface area contributed by atoms with Gasteiger partial charge in [0.2, 0.25) is 17.7 Å². The van der Waals surface area contributed by atoms with E-state index in [-0.39, 0.29) is 24.5 Å². The van der Waals surface area contributed by atoms with Gasteiger partial charge in [0.15, 0.2) is 0 Å². The van der Waals surface area contributed by atoms with Gasteiger partial charge in [0.25, 0.3) is 0 Å². The Kier molecular flexibility index (Phi) is 11.3. The highest BCUT2D eigenvalue weighted by molar-refractivity contribution is 6.39. The zero-order valence-corrected chi connectivity index (χ0v) is 29.0. The zero-order valence-electron chi connectivity index (χ0n) is 27.5. The maximum absolute atomic E-state index is 11.5. The van der Waals surface area contributed by atoms with E-state index in [9.17, 15) is 15.0 Å². The third kappa shape index (κ3) is 7.81. The highest BCUT2D eigenvalue weighted by Crippen LogP contribution is 2.42. The molecule has 4 aromatic rings. The number of carbonyl (C=O) groups excluding carboxylic acids is 1. The largest absolute Gasteiger partial charge is 0.480 e. The molecule has 4 heterocycles. The fraction of sp³-hybridized carbons (Fsp3) is 0.417. The summed E-state index contributed by atoms with van der Waals surface area (Å²) in [7, 11) is 3.13. The number of aromatic nitrogens is 4. The number of aryl methyl sites for hydroxylation is 1. The zero-order chi connectivity index (χ0) is 34.5. The normalized spacial score (nSPS) is 19.6. The summed E-state index contributed by atoms with van der Waals surface area (Å²) >= 11 is 14.1. The molecule has 1 amide bonds. The first-order chi connectivity index (χ1) is 23.8. The molecule has 2 fully saturated rings. The van der Waals surface area contributed by atoms with Crippen LogP contribution in [0.4, 0.5) is 0 Å². The number of aliphatic hydroxyl groups excluding tert-OH is 2. The molecule has 2 aromatic heterocycles. The maximum Gasteiger partial charge on any atom is 0.237 e. The molecule has 258 valence electrons. The van der Waals surface area contributed by atoms with Crippen LogP contribution in [0, 0.1) is 5.92 Å². The minimum absolute atomic E-state index is 0.0249. The van der Waals surface area contributed by atoms with Crippen LogP contribution >= 0.6 is 23.2 Å². The first kappa shape index (κ1) is 35.0. The second-order valence-electron chi connectivity index (χ2n) is 12.5. The van der Waals surface area contributed by atoms with Crippen LogP contribution < -0.4 is 14.8 Å². The van der Waals surface area contributed by atoms with E-state index in [4.69, 9.17) is 42.6 Å². The van der Waals surface area contributed by atoms with Crippen LogP contribution in [0.5, 0.6) is 11.8 Å². The van der Waals surface area contributed by atoms with Crippen molar-refractivity contribution in [3.8, 4) is 45.4 Å². The lowest BCUT2D eigenvalue weighted by Crippen LogP contribution is -2.44. The molecule has 0 spiro atoms. The molecule has 3 atom stereocenters. The summed E-state index contributed by atoms with van der Waals surface area (Å²) in [4.78, 5) is 32.5. The van der Waals surface area contributed by atoms with Crippen LogP contribution in [-0.4, -0.2) is 87.0 Å². The summed E-state index contributed by atoms with van der Waals surface area (Å²) in [5.74, 6) is 0.822. The van der Waals surface area contributed by atoms with Gasteiger partial charge in [-0.05, 0) is 38.6 Å². The number of hydrogen-bond donors (Lipinski definition) is 3. The fourth-order valence-electron chi connectivity index (χ4n) is 6.56. The van der Waals surface area contributed by atoms with Crippen molar-refractivity contribution in [2.24, 2.45) is 5.92 Å². The number of β-amino-alcohol motifs (C(OH)–C–C–N with tert-alkyl or cyclic N) is 1. The van der Waals surface area contributed by atoms with E-state index in [0.29, 0.717) is 87.9 Å². The number of amides is 1. The molecule has 3 N–H and O–H groups in total. The van der Waals surface area contributed by atoms with Crippen LogP contribution in [0.15, 0.2) is 48.8 Å². The molecule has 6 rings (SSSR count). The first-order valence-electron chi connectivity index (χ1n) is 16.5. The number of likely N-dealkylation sites (tertiary alicyclic amines) is 1. The van der Waals surface area contributed by atoms with E-state index in [1.165, 1.54) is 0 Å². The summed E-state index contributed by atoms with van der Waals surface area (Å²) in [5.41, 5.74) is 5.30. The number of aliphatic hydroxyl groups is 2. The average Bonchev–Trinajstić information content (AvgIpc) is 3.53. The number of carbonyl (C=O) groups is 1. The quantitative estimate of drug-likeness (QED) is 0.176. The molecule has 0 saturated carbocycles. The highest BCUT2D eigenvalue weighted by Gasteiger charge is 2.28. The Hall–Kier alpha value is -3.87. The lowest BCUT2D eigenvalue weighted by molar-refractivity contribution is -0.119. The molecular weight excluding hydrogens is 667 g/mol. The SMILES string of the molecule is COc1nc(-c2cccc(-c3cccc(-c4cnc(CN5CC[C@@H](CO)[C@@H](O)C5)c(OC)n4)c3Cl)c2Cl)cnc1CCC[C@@H]1CCC(=O)N1. The van der Waals surface area contributed by atoms with Crippen molar-refractivity contribution < 1.29 is 24.5 Å². The van der Waals surface area contributed by atoms with Crippen LogP contribution in [0.3, 0.4) is 0 Å². The fourth-order valence-corrected chi connectivity index (χ4v) is 7.21. The predicted octanol–water partition coefficient (Wildman–Crippen LogP) is 5.37. The smallest absolute Gasteiger partial charge is 0.237 e. The van der Waals surface area contributed by atoms with Gasteiger partial charge in [0.1, 0.15) is 11.4 Å². The topological polar surface area (TPSA) is 143 Å². The summed E-state index contributed by atoms with van der Waals surface area (Å²) < 4.78 is 11.2. The Labute approximate surface area is 295 Å². The van der Waals surface area contributed by atoms with E-state index in [1.54, 1.807) is 26.6 Å². The monoisotopic (exact) mass is 706 g/mol. The van der Waals surface area contributed by atoms with Gasteiger partial charge in [-0.2, -0.15) is 0 Å². The van der Waals surface area contributed by atoms with Crippen LogP contribution in [0.2, 0.25) is 10.0 Å². The Morgan fingerprint density at radius 2 is 1.49 bits per heavy atom. The van der Waals surface area contributed by atoms with Gasteiger partial charge < -0.3 is 25.0 Å². The summed E-state index contributed by atoms with van der Waals surface area (Å²) in [5, 5.41) is 23.8. The van der Waals surface area contributed by atoms with E-state index in [0.717, 1.165) is 37.1 Å². The molecule has 2 aliphatic heterocycles. The number of hydrogen-bond acceptors (Lipinski definition) is 10. The van der Waals surface area contributed by atoms with Crippen molar-refractivity contribution in [1.82, 2.24) is 30.2 Å². The molecule has 0 unspecified atom stereocenters. The van der Waals surface area contributed by atoms with Gasteiger partial charge in [-0.3, -0.25) is 19.7 Å². The standard InChI is InChI=1S/C36H40Cl2N6O5/c1-48-35-27(11-3-6-22-12-13-32(47)41-22)39-16-28(42-35)25-9-4-7-23(33(25)37)24-8-5-10-26(34(24)38)29-17-40-30(36(43-29)49-2)18-44-15-14-21(20-45)31(46)19-44/h4-5,7-10,16-17,21-22,31,45-46H,3,6,11-15,18-20H2,1-2H3,(H,41,47)/t21-,22+,31-/m0/s1. The van der Waals surface area contributed by atoms with Crippen LogP contribution in [0.25, 0.3) is 33.6 Å². The molecule has 0 bridgehead atoms. The van der Waals surface area contributed by atoms with Gasteiger partial charge >= 0.3 is 0 Å². The Bertz CT molecular complexity index is 1810. The first-order valence-corrected chi connectivity index (χ1v) is 17.2. The van der Waals surface area contributed by atoms with Gasteiger partial charge in [0.05, 0.1) is 54.2 Å². The van der Waals surface area contributed by atoms with Gasteiger partial charge in [-0.15, -0.1) is 0 Å².